The Morgan fingerprint density at radius 3 is 3.04 bits per heavy atom. The van der Waals surface area contributed by atoms with Crippen molar-refractivity contribution in [1.29, 1.82) is 0 Å². The Kier molecular flexibility index (Phi) is 4.55. The van der Waals surface area contributed by atoms with Gasteiger partial charge in [-0.1, -0.05) is 6.42 Å². The number of fused-ring (bicyclic) bond motifs is 3. The van der Waals surface area contributed by atoms with Crippen LogP contribution in [0.3, 0.4) is 0 Å². The molecule has 134 valence electrons. The average Bonchev–Trinajstić information content (AvgIpc) is 2.83. The van der Waals surface area contributed by atoms with Crippen molar-refractivity contribution in [3.63, 3.8) is 0 Å². The number of hydrogen-bond acceptors (Lipinski definition) is 5. The number of amides is 1. The Hall–Kier alpha value is -2.18. The third-order valence-corrected chi connectivity index (χ3v) is 5.32. The summed E-state index contributed by atoms with van der Waals surface area (Å²) in [7, 11) is 0. The number of piperidine rings is 1. The molecule has 0 aromatic carbocycles. The van der Waals surface area contributed by atoms with Gasteiger partial charge in [-0.2, -0.15) is 0 Å². The van der Waals surface area contributed by atoms with Crippen LogP contribution in [-0.2, 0) is 17.8 Å². The van der Waals surface area contributed by atoms with Crippen molar-refractivity contribution in [2.24, 2.45) is 5.92 Å². The monoisotopic (exact) mass is 342 g/mol. The largest absolute Gasteiger partial charge is 0.356 e. The lowest BCUT2D eigenvalue weighted by molar-refractivity contribution is -0.125. The standard InChI is InChI=1S/C18H26N6O/c1-2-19-18(25)13-7-6-9-23(11-13)16-15-17(21-12-20-16)24-10-5-3-4-8-14(24)22-15/h12-13H,2-11H2,1H3,(H,19,25). The van der Waals surface area contributed by atoms with E-state index in [0.717, 1.165) is 55.2 Å². The van der Waals surface area contributed by atoms with E-state index in [2.05, 4.69) is 24.8 Å². The fourth-order valence-electron chi connectivity index (χ4n) is 4.06. The van der Waals surface area contributed by atoms with E-state index in [0.29, 0.717) is 13.1 Å². The molecule has 1 atom stereocenters. The molecule has 0 aliphatic carbocycles. The number of nitrogens with zero attached hydrogens (tertiary/aromatic N) is 5. The van der Waals surface area contributed by atoms with E-state index in [4.69, 9.17) is 4.98 Å². The van der Waals surface area contributed by atoms with Crippen molar-refractivity contribution in [2.45, 2.75) is 52.0 Å². The fraction of sp³-hybridized carbons (Fsp3) is 0.667. The van der Waals surface area contributed by atoms with E-state index in [1.807, 2.05) is 6.92 Å². The number of carbonyl (C=O) groups excluding carboxylic acids is 1. The number of nitrogens with one attached hydrogen (secondary N) is 1. The summed E-state index contributed by atoms with van der Waals surface area (Å²) in [5, 5.41) is 2.95. The second kappa shape index (κ2) is 6.98. The number of carbonyl (C=O) groups is 1. The van der Waals surface area contributed by atoms with Gasteiger partial charge in [0.25, 0.3) is 0 Å². The van der Waals surface area contributed by atoms with Gasteiger partial charge in [0.15, 0.2) is 17.0 Å². The molecule has 1 amide bonds. The summed E-state index contributed by atoms with van der Waals surface area (Å²) in [4.78, 5) is 28.4. The van der Waals surface area contributed by atoms with E-state index >= 15 is 0 Å². The third-order valence-electron chi connectivity index (χ3n) is 5.32. The van der Waals surface area contributed by atoms with Crippen molar-refractivity contribution in [3.05, 3.63) is 12.2 Å². The molecule has 4 rings (SSSR count). The van der Waals surface area contributed by atoms with Gasteiger partial charge in [0.2, 0.25) is 5.91 Å². The highest BCUT2D eigenvalue weighted by Crippen LogP contribution is 2.29. The van der Waals surface area contributed by atoms with Gasteiger partial charge in [0.1, 0.15) is 12.2 Å². The normalized spacial score (nSPS) is 21.0. The number of anilines is 1. The fourth-order valence-corrected chi connectivity index (χ4v) is 4.06. The first-order valence-corrected chi connectivity index (χ1v) is 9.50. The molecule has 1 N–H and O–H groups in total. The van der Waals surface area contributed by atoms with Gasteiger partial charge in [0, 0.05) is 32.6 Å². The number of hydrogen-bond donors (Lipinski definition) is 1. The summed E-state index contributed by atoms with van der Waals surface area (Å²) in [6.45, 7) is 5.26. The quantitative estimate of drug-likeness (QED) is 0.922. The van der Waals surface area contributed by atoms with Crippen LogP contribution in [0.1, 0.15) is 44.9 Å². The Labute approximate surface area is 147 Å². The van der Waals surface area contributed by atoms with E-state index in [-0.39, 0.29) is 11.8 Å². The van der Waals surface area contributed by atoms with Gasteiger partial charge in [-0.3, -0.25) is 4.79 Å². The maximum absolute atomic E-state index is 12.2. The van der Waals surface area contributed by atoms with Crippen LogP contribution in [0.15, 0.2) is 6.33 Å². The second-order valence-corrected chi connectivity index (χ2v) is 7.04. The van der Waals surface area contributed by atoms with Crippen LogP contribution in [0.2, 0.25) is 0 Å². The average molecular weight is 342 g/mol. The van der Waals surface area contributed by atoms with Crippen molar-refractivity contribution in [3.8, 4) is 0 Å². The summed E-state index contributed by atoms with van der Waals surface area (Å²) in [5.41, 5.74) is 1.85. The molecule has 2 aromatic heterocycles. The lowest BCUT2D eigenvalue weighted by Crippen LogP contribution is -2.43. The van der Waals surface area contributed by atoms with Crippen LogP contribution in [0.4, 0.5) is 5.82 Å². The number of imidazole rings is 1. The van der Waals surface area contributed by atoms with Crippen LogP contribution in [0, 0.1) is 5.92 Å². The lowest BCUT2D eigenvalue weighted by atomic mass is 9.97. The molecule has 7 heteroatoms. The Morgan fingerprint density at radius 1 is 1.24 bits per heavy atom. The minimum atomic E-state index is 0.0270. The first kappa shape index (κ1) is 16.3. The first-order chi connectivity index (χ1) is 12.3. The maximum Gasteiger partial charge on any atom is 0.224 e. The Morgan fingerprint density at radius 2 is 2.16 bits per heavy atom. The summed E-state index contributed by atoms with van der Waals surface area (Å²) < 4.78 is 2.26. The summed E-state index contributed by atoms with van der Waals surface area (Å²) in [6, 6.07) is 0. The zero-order chi connectivity index (χ0) is 17.2. The molecular formula is C18H26N6O. The predicted molar refractivity (Wildman–Crippen MR) is 96.5 cm³/mol. The van der Waals surface area contributed by atoms with E-state index in [1.54, 1.807) is 6.33 Å². The van der Waals surface area contributed by atoms with Gasteiger partial charge in [-0.25, -0.2) is 15.0 Å². The molecule has 0 saturated carbocycles. The molecule has 25 heavy (non-hydrogen) atoms. The highest BCUT2D eigenvalue weighted by atomic mass is 16.1. The van der Waals surface area contributed by atoms with E-state index < -0.39 is 0 Å². The molecule has 7 nitrogen and oxygen atoms in total. The smallest absolute Gasteiger partial charge is 0.224 e. The minimum absolute atomic E-state index is 0.0270. The van der Waals surface area contributed by atoms with Crippen LogP contribution >= 0.6 is 0 Å². The number of rotatable bonds is 3. The summed E-state index contributed by atoms with van der Waals surface area (Å²) >= 11 is 0. The molecule has 0 bridgehead atoms. The second-order valence-electron chi connectivity index (χ2n) is 7.04. The molecular weight excluding hydrogens is 316 g/mol. The van der Waals surface area contributed by atoms with Gasteiger partial charge < -0.3 is 14.8 Å². The maximum atomic E-state index is 12.2. The van der Waals surface area contributed by atoms with Crippen LogP contribution in [0.5, 0.6) is 0 Å². The molecule has 1 saturated heterocycles. The molecule has 2 aliphatic rings. The van der Waals surface area contributed by atoms with Crippen LogP contribution < -0.4 is 10.2 Å². The minimum Gasteiger partial charge on any atom is -0.356 e. The molecule has 1 fully saturated rings. The lowest BCUT2D eigenvalue weighted by Gasteiger charge is -2.32. The highest BCUT2D eigenvalue weighted by molar-refractivity contribution is 5.85. The Balaban J connectivity index is 1.66. The molecule has 4 heterocycles. The zero-order valence-corrected chi connectivity index (χ0v) is 14.9. The molecule has 0 spiro atoms. The van der Waals surface area contributed by atoms with Crippen LogP contribution in [0.25, 0.3) is 11.2 Å². The Bertz CT molecular complexity index is 770. The first-order valence-electron chi connectivity index (χ1n) is 9.50. The van der Waals surface area contributed by atoms with Crippen molar-refractivity contribution >= 4 is 22.9 Å². The molecule has 0 radical (unpaired) electrons. The third kappa shape index (κ3) is 3.07. The van der Waals surface area contributed by atoms with Gasteiger partial charge in [0.05, 0.1) is 5.92 Å². The zero-order valence-electron chi connectivity index (χ0n) is 14.9. The number of aryl methyl sites for hydroxylation is 2. The van der Waals surface area contributed by atoms with Crippen molar-refractivity contribution < 1.29 is 4.79 Å². The predicted octanol–water partition coefficient (Wildman–Crippen LogP) is 1.91. The molecule has 1 unspecified atom stereocenters. The molecule has 2 aliphatic heterocycles. The van der Waals surface area contributed by atoms with E-state index in [9.17, 15) is 4.79 Å². The SMILES string of the molecule is CCNC(=O)C1CCCN(c2ncnc3c2nc2n3CCCCC2)C1. The van der Waals surface area contributed by atoms with Gasteiger partial charge in [-0.05, 0) is 32.6 Å². The summed E-state index contributed by atoms with van der Waals surface area (Å²) in [5.74, 6) is 2.20. The van der Waals surface area contributed by atoms with Crippen molar-refractivity contribution in [2.75, 3.05) is 24.5 Å². The number of aromatic nitrogens is 4. The van der Waals surface area contributed by atoms with Crippen LogP contribution in [-0.4, -0.2) is 45.1 Å². The highest BCUT2D eigenvalue weighted by Gasteiger charge is 2.28. The summed E-state index contributed by atoms with van der Waals surface area (Å²) in [6.07, 6.45) is 8.22. The van der Waals surface area contributed by atoms with Crippen molar-refractivity contribution in [1.82, 2.24) is 24.8 Å². The molecule has 2 aromatic rings. The van der Waals surface area contributed by atoms with Gasteiger partial charge in [-0.15, -0.1) is 0 Å². The van der Waals surface area contributed by atoms with E-state index in [1.165, 1.54) is 19.3 Å². The topological polar surface area (TPSA) is 75.9 Å². The van der Waals surface area contributed by atoms with Gasteiger partial charge >= 0.3 is 0 Å².